The van der Waals surface area contributed by atoms with E-state index in [0.717, 1.165) is 19.2 Å². The summed E-state index contributed by atoms with van der Waals surface area (Å²) in [5.41, 5.74) is -5.30. The lowest BCUT2D eigenvalue weighted by molar-refractivity contribution is -0.0451. The number of carbonyl (C=O) groups is 1. The van der Waals surface area contributed by atoms with Gasteiger partial charge in [0.05, 0.1) is 30.0 Å². The zero-order valence-corrected chi connectivity index (χ0v) is 14.4. The number of hydrogen-bond donors (Lipinski definition) is 2. The lowest BCUT2D eigenvalue weighted by Crippen LogP contribution is -2.43. The molecule has 7 nitrogen and oxygen atoms in total. The molecule has 0 radical (unpaired) electrons. The van der Waals surface area contributed by atoms with Crippen molar-refractivity contribution in [2.45, 2.75) is 31.8 Å². The molecule has 0 aliphatic heterocycles. The van der Waals surface area contributed by atoms with Crippen LogP contribution in [0.4, 0.5) is 22.0 Å². The van der Waals surface area contributed by atoms with Crippen LogP contribution in [0.1, 0.15) is 23.0 Å². The first-order valence-corrected chi connectivity index (χ1v) is 8.56. The van der Waals surface area contributed by atoms with Crippen LogP contribution in [-0.2, 0) is 10.0 Å². The zero-order valence-electron chi connectivity index (χ0n) is 13.6. The molecule has 0 saturated carbocycles. The third kappa shape index (κ3) is 6.37. The summed E-state index contributed by atoms with van der Waals surface area (Å²) in [6.07, 6.45) is -1.58. The van der Waals surface area contributed by atoms with Crippen molar-refractivity contribution in [1.82, 2.24) is 15.0 Å². The fourth-order valence-corrected chi connectivity index (χ4v) is 2.41. The van der Waals surface area contributed by atoms with Gasteiger partial charge in [0.1, 0.15) is 12.4 Å². The van der Waals surface area contributed by atoms with Crippen LogP contribution in [0.2, 0.25) is 0 Å². The van der Waals surface area contributed by atoms with Gasteiger partial charge >= 0.3 is 15.5 Å². The first-order valence-electron chi connectivity index (χ1n) is 7.08. The van der Waals surface area contributed by atoms with E-state index in [2.05, 4.69) is 4.98 Å². The normalized spacial score (nSPS) is 13.5. The summed E-state index contributed by atoms with van der Waals surface area (Å²) >= 11 is 0. The summed E-state index contributed by atoms with van der Waals surface area (Å²) in [7, 11) is -5.53. The van der Waals surface area contributed by atoms with Gasteiger partial charge in [0.25, 0.3) is 12.3 Å². The third-order valence-corrected chi connectivity index (χ3v) is 4.21. The highest BCUT2D eigenvalue weighted by atomic mass is 32.2. The van der Waals surface area contributed by atoms with Crippen LogP contribution < -0.4 is 14.8 Å². The molecule has 0 fully saturated rings. The Morgan fingerprint density at radius 2 is 1.96 bits per heavy atom. The highest BCUT2D eigenvalue weighted by Crippen LogP contribution is 2.22. The van der Waals surface area contributed by atoms with E-state index in [1.165, 1.54) is 11.6 Å². The van der Waals surface area contributed by atoms with Crippen LogP contribution in [0.25, 0.3) is 0 Å². The molecule has 1 rings (SSSR count). The Kier molecular flexibility index (Phi) is 7.26. The number of ether oxygens (including phenoxy) is 1. The highest BCUT2D eigenvalue weighted by molar-refractivity contribution is 7.90. The molecule has 0 saturated heterocycles. The van der Waals surface area contributed by atoms with Crippen LogP contribution in [0.5, 0.6) is 5.75 Å². The number of nitrogens with zero attached hydrogens (tertiary/aromatic N) is 1. The van der Waals surface area contributed by atoms with E-state index in [1.807, 2.05) is 5.32 Å². The maximum absolute atomic E-state index is 12.3. The fourth-order valence-electron chi connectivity index (χ4n) is 1.67. The number of sulfonamides is 1. The molecule has 0 aromatic carbocycles. The van der Waals surface area contributed by atoms with E-state index in [1.54, 1.807) is 0 Å². The molecule has 1 heterocycles. The minimum Gasteiger partial charge on any atom is -0.490 e. The number of rotatable bonds is 8. The molecule has 2 N–H and O–H groups in total. The summed E-state index contributed by atoms with van der Waals surface area (Å²) in [4.78, 5) is 15.6. The van der Waals surface area contributed by atoms with Gasteiger partial charge in [-0.2, -0.15) is 13.2 Å². The molecule has 13 heteroatoms. The smallest absolute Gasteiger partial charge is 0.490 e. The molecule has 0 aliphatic rings. The molecular weight excluding hydrogens is 389 g/mol. The van der Waals surface area contributed by atoms with Crippen molar-refractivity contribution < 1.29 is 39.9 Å². The number of pyridine rings is 1. The average molecular weight is 405 g/mol. The number of hydrogen-bond acceptors (Lipinski definition) is 5. The van der Waals surface area contributed by atoms with Crippen LogP contribution in [-0.4, -0.2) is 50.4 Å². The maximum atomic E-state index is 12.3. The summed E-state index contributed by atoms with van der Waals surface area (Å²) in [5, 5.41) is 1.98. The number of halogens is 5. The Labute approximate surface area is 146 Å². The Hall–Kier alpha value is -2.02. The van der Waals surface area contributed by atoms with Gasteiger partial charge in [-0.25, -0.2) is 21.9 Å². The summed E-state index contributed by atoms with van der Waals surface area (Å²) < 4.78 is 89.5. The molecule has 1 aromatic rings. The summed E-state index contributed by atoms with van der Waals surface area (Å²) in [5.74, 6) is -0.873. The molecular formula is C13H16F5N3O4S. The number of amides is 1. The monoisotopic (exact) mass is 405 g/mol. The van der Waals surface area contributed by atoms with Crippen LogP contribution >= 0.6 is 0 Å². The number of alkyl halides is 5. The van der Waals surface area contributed by atoms with E-state index < -0.39 is 47.1 Å². The molecule has 0 spiro atoms. The van der Waals surface area contributed by atoms with Crippen molar-refractivity contribution in [1.29, 1.82) is 0 Å². The van der Waals surface area contributed by atoms with E-state index >= 15 is 0 Å². The van der Waals surface area contributed by atoms with Gasteiger partial charge in [-0.1, -0.05) is 0 Å². The number of carbonyl (C=O) groups excluding carboxylic acids is 1. The van der Waals surface area contributed by atoms with E-state index in [9.17, 15) is 35.2 Å². The third-order valence-electron chi connectivity index (χ3n) is 2.88. The number of aryl methyl sites for hydroxylation is 1. The molecule has 1 amide bonds. The Morgan fingerprint density at radius 1 is 1.35 bits per heavy atom. The molecule has 1 aromatic heterocycles. The molecule has 0 bridgehead atoms. The van der Waals surface area contributed by atoms with E-state index in [0.29, 0.717) is 0 Å². The fraction of sp³-hybridized carbons (Fsp3) is 0.538. The standard InChI is InChI=1S/C13H16F5N3O4S/c1-7(21-26(23,24)13(16,17)18)6-25-9-3-10(8(2)19-4-9)12(22)20-5-11(14)15/h3-4,7,11,21H,5-6H2,1-2H3,(H,20,22)/t7-/m0/s1. The van der Waals surface area contributed by atoms with E-state index in [-0.39, 0.29) is 17.0 Å². The minimum atomic E-state index is -5.53. The summed E-state index contributed by atoms with van der Waals surface area (Å²) in [6, 6.07) is -0.0762. The number of aromatic nitrogens is 1. The van der Waals surface area contributed by atoms with Gasteiger partial charge in [0.15, 0.2) is 0 Å². The molecule has 148 valence electrons. The van der Waals surface area contributed by atoms with Crippen molar-refractivity contribution >= 4 is 15.9 Å². The average Bonchev–Trinajstić information content (AvgIpc) is 2.50. The first kappa shape index (κ1) is 22.0. The van der Waals surface area contributed by atoms with Gasteiger partial charge in [0, 0.05) is 0 Å². The zero-order chi connectivity index (χ0) is 20.1. The van der Waals surface area contributed by atoms with Gasteiger partial charge in [-0.05, 0) is 19.9 Å². The second-order valence-electron chi connectivity index (χ2n) is 5.18. The van der Waals surface area contributed by atoms with Gasteiger partial charge in [0.2, 0.25) is 0 Å². The van der Waals surface area contributed by atoms with Crippen LogP contribution in [0.15, 0.2) is 12.3 Å². The lowest BCUT2D eigenvalue weighted by Gasteiger charge is -2.17. The van der Waals surface area contributed by atoms with Gasteiger partial charge < -0.3 is 10.1 Å². The molecule has 0 unspecified atom stereocenters. The predicted octanol–water partition coefficient (Wildman–Crippen LogP) is 1.59. The topological polar surface area (TPSA) is 97.4 Å². The maximum Gasteiger partial charge on any atom is 0.511 e. The Balaban J connectivity index is 2.74. The van der Waals surface area contributed by atoms with Crippen molar-refractivity contribution in [2.75, 3.05) is 13.2 Å². The van der Waals surface area contributed by atoms with E-state index in [4.69, 9.17) is 4.74 Å². The lowest BCUT2D eigenvalue weighted by atomic mass is 10.2. The van der Waals surface area contributed by atoms with Crippen LogP contribution in [0, 0.1) is 6.92 Å². The predicted molar refractivity (Wildman–Crippen MR) is 80.4 cm³/mol. The SMILES string of the molecule is Cc1ncc(OC[C@H](C)NS(=O)(=O)C(F)(F)F)cc1C(=O)NCC(F)F. The second kappa shape index (κ2) is 8.58. The second-order valence-corrected chi connectivity index (χ2v) is 6.89. The highest BCUT2D eigenvalue weighted by Gasteiger charge is 2.46. The van der Waals surface area contributed by atoms with Crippen molar-refractivity contribution in [3.8, 4) is 5.75 Å². The molecule has 26 heavy (non-hydrogen) atoms. The Morgan fingerprint density at radius 3 is 2.50 bits per heavy atom. The first-order chi connectivity index (χ1) is 11.8. The Bertz CT molecular complexity index is 740. The van der Waals surface area contributed by atoms with Crippen molar-refractivity contribution in [2.24, 2.45) is 0 Å². The van der Waals surface area contributed by atoms with Crippen molar-refractivity contribution in [3.63, 3.8) is 0 Å². The summed E-state index contributed by atoms with van der Waals surface area (Å²) in [6.45, 7) is 1.24. The quantitative estimate of drug-likeness (QED) is 0.641. The van der Waals surface area contributed by atoms with Gasteiger partial charge in [-0.3, -0.25) is 9.78 Å². The number of nitrogens with one attached hydrogen (secondary N) is 2. The van der Waals surface area contributed by atoms with Gasteiger partial charge in [-0.15, -0.1) is 0 Å². The van der Waals surface area contributed by atoms with Crippen molar-refractivity contribution in [3.05, 3.63) is 23.5 Å². The molecule has 0 aliphatic carbocycles. The largest absolute Gasteiger partial charge is 0.511 e. The minimum absolute atomic E-state index is 0.0455. The molecule has 1 atom stereocenters. The van der Waals surface area contributed by atoms with Crippen LogP contribution in [0.3, 0.4) is 0 Å².